The highest BCUT2D eigenvalue weighted by atomic mass is 14.4. The molecular weight excluding hydrogens is 168 g/mol. The molecule has 0 nitrogen and oxygen atoms in total. The van der Waals surface area contributed by atoms with Gasteiger partial charge in [-0.15, -0.1) is 0 Å². The summed E-state index contributed by atoms with van der Waals surface area (Å²) in [5, 5.41) is 0. The molecule has 0 aromatic carbocycles. The van der Waals surface area contributed by atoms with Crippen molar-refractivity contribution >= 4 is 0 Å². The highest BCUT2D eigenvalue weighted by Crippen LogP contribution is 2.50. The fourth-order valence-corrected chi connectivity index (χ4v) is 3.48. The van der Waals surface area contributed by atoms with Gasteiger partial charge in [-0.3, -0.25) is 0 Å². The Morgan fingerprint density at radius 3 is 2.57 bits per heavy atom. The van der Waals surface area contributed by atoms with Gasteiger partial charge in [0.25, 0.3) is 0 Å². The van der Waals surface area contributed by atoms with Crippen molar-refractivity contribution in [3.63, 3.8) is 0 Å². The highest BCUT2D eigenvalue weighted by molar-refractivity contribution is 4.90. The smallest absolute Gasteiger partial charge is 0.0300 e. The first-order chi connectivity index (χ1) is 6.65. The summed E-state index contributed by atoms with van der Waals surface area (Å²) in [5.41, 5.74) is 0.706. The molecule has 2 aliphatic rings. The zero-order valence-corrected chi connectivity index (χ0v) is 10.2. The maximum Gasteiger partial charge on any atom is -0.0300 e. The summed E-state index contributed by atoms with van der Waals surface area (Å²) in [4.78, 5) is 0. The maximum absolute atomic E-state index is 2.53. The third-order valence-corrected chi connectivity index (χ3v) is 5.26. The molecule has 14 heavy (non-hydrogen) atoms. The lowest BCUT2D eigenvalue weighted by atomic mass is 9.75. The maximum atomic E-state index is 2.53. The quantitative estimate of drug-likeness (QED) is 0.611. The van der Waals surface area contributed by atoms with Crippen LogP contribution >= 0.6 is 0 Å². The third-order valence-electron chi connectivity index (χ3n) is 5.26. The molecule has 2 saturated carbocycles. The van der Waals surface area contributed by atoms with Crippen LogP contribution in [0.5, 0.6) is 0 Å². The van der Waals surface area contributed by atoms with E-state index >= 15 is 0 Å². The van der Waals surface area contributed by atoms with Crippen LogP contribution in [-0.4, -0.2) is 0 Å². The summed E-state index contributed by atoms with van der Waals surface area (Å²) >= 11 is 0. The van der Waals surface area contributed by atoms with Gasteiger partial charge in [0, 0.05) is 0 Å². The molecule has 2 aliphatic carbocycles. The molecule has 0 aromatic heterocycles. The van der Waals surface area contributed by atoms with Crippen LogP contribution in [0.25, 0.3) is 0 Å². The van der Waals surface area contributed by atoms with Gasteiger partial charge in [-0.2, -0.15) is 0 Å². The fourth-order valence-electron chi connectivity index (χ4n) is 3.48. The van der Waals surface area contributed by atoms with Crippen LogP contribution in [0, 0.1) is 23.2 Å². The van der Waals surface area contributed by atoms with E-state index < -0.39 is 0 Å². The molecule has 0 N–H and O–H groups in total. The van der Waals surface area contributed by atoms with Gasteiger partial charge in [0.2, 0.25) is 0 Å². The van der Waals surface area contributed by atoms with Crippen molar-refractivity contribution in [1.82, 2.24) is 0 Å². The molecule has 0 heteroatoms. The van der Waals surface area contributed by atoms with Gasteiger partial charge >= 0.3 is 0 Å². The summed E-state index contributed by atoms with van der Waals surface area (Å²) in [6, 6.07) is 0. The van der Waals surface area contributed by atoms with Crippen molar-refractivity contribution in [2.75, 3.05) is 0 Å². The highest BCUT2D eigenvalue weighted by Gasteiger charge is 2.39. The van der Waals surface area contributed by atoms with E-state index in [9.17, 15) is 0 Å². The molecule has 0 radical (unpaired) electrons. The van der Waals surface area contributed by atoms with Crippen molar-refractivity contribution in [1.29, 1.82) is 0 Å². The first kappa shape index (κ1) is 10.5. The Kier molecular flexibility index (Phi) is 2.91. The molecule has 0 spiro atoms. The lowest BCUT2D eigenvalue weighted by Gasteiger charge is -2.30. The van der Waals surface area contributed by atoms with Crippen LogP contribution in [0.15, 0.2) is 0 Å². The average Bonchev–Trinajstić information content (AvgIpc) is 2.74. The van der Waals surface area contributed by atoms with Gasteiger partial charge in [-0.05, 0) is 55.3 Å². The SMILES string of the molecule is CCC1(C)CCCC1CCC1CC1C. The van der Waals surface area contributed by atoms with E-state index in [1.54, 1.807) is 0 Å². The number of hydrogen-bond acceptors (Lipinski definition) is 0. The molecule has 0 aliphatic heterocycles. The second-order valence-electron chi connectivity index (χ2n) is 6.15. The standard InChI is InChI=1S/C14H26/c1-4-14(3)9-5-6-13(14)8-7-12-10-11(12)2/h11-13H,4-10H2,1-3H3. The summed E-state index contributed by atoms with van der Waals surface area (Å²) in [5.74, 6) is 3.22. The van der Waals surface area contributed by atoms with E-state index in [0.29, 0.717) is 5.41 Å². The predicted octanol–water partition coefficient (Wildman–Crippen LogP) is 4.64. The van der Waals surface area contributed by atoms with Crippen molar-refractivity contribution in [3.8, 4) is 0 Å². The van der Waals surface area contributed by atoms with E-state index in [4.69, 9.17) is 0 Å². The van der Waals surface area contributed by atoms with Gasteiger partial charge in [0.1, 0.15) is 0 Å². The van der Waals surface area contributed by atoms with Crippen LogP contribution in [-0.2, 0) is 0 Å². The first-order valence-electron chi connectivity index (χ1n) is 6.65. The lowest BCUT2D eigenvalue weighted by Crippen LogP contribution is -2.20. The van der Waals surface area contributed by atoms with Gasteiger partial charge in [0.05, 0.1) is 0 Å². The molecular formula is C14H26. The van der Waals surface area contributed by atoms with Gasteiger partial charge in [-0.1, -0.05) is 33.6 Å². The Morgan fingerprint density at radius 1 is 1.29 bits per heavy atom. The van der Waals surface area contributed by atoms with Crippen molar-refractivity contribution in [2.45, 2.75) is 65.7 Å². The average molecular weight is 194 g/mol. The Bertz CT molecular complexity index is 196. The predicted molar refractivity (Wildman–Crippen MR) is 62.2 cm³/mol. The molecule has 2 fully saturated rings. The zero-order chi connectivity index (χ0) is 10.2. The van der Waals surface area contributed by atoms with E-state index in [2.05, 4.69) is 20.8 Å². The Hall–Kier alpha value is 0. The molecule has 0 aromatic rings. The van der Waals surface area contributed by atoms with Crippen molar-refractivity contribution in [3.05, 3.63) is 0 Å². The molecule has 4 atom stereocenters. The number of hydrogen-bond donors (Lipinski definition) is 0. The van der Waals surface area contributed by atoms with Crippen LogP contribution in [0.3, 0.4) is 0 Å². The van der Waals surface area contributed by atoms with Crippen molar-refractivity contribution < 1.29 is 0 Å². The minimum absolute atomic E-state index is 0.706. The lowest BCUT2D eigenvalue weighted by molar-refractivity contribution is 0.201. The van der Waals surface area contributed by atoms with Crippen molar-refractivity contribution in [2.24, 2.45) is 23.2 Å². The van der Waals surface area contributed by atoms with Crippen LogP contribution in [0.4, 0.5) is 0 Å². The Balaban J connectivity index is 1.78. The molecule has 2 rings (SSSR count). The summed E-state index contributed by atoms with van der Waals surface area (Å²) in [7, 11) is 0. The largest absolute Gasteiger partial charge is 0.0649 e. The topological polar surface area (TPSA) is 0 Å². The van der Waals surface area contributed by atoms with Gasteiger partial charge in [-0.25, -0.2) is 0 Å². The van der Waals surface area contributed by atoms with E-state index in [1.165, 1.54) is 44.9 Å². The third kappa shape index (κ3) is 1.99. The summed E-state index contributed by atoms with van der Waals surface area (Å²) in [6.07, 6.45) is 10.5. The minimum Gasteiger partial charge on any atom is -0.0649 e. The Morgan fingerprint density at radius 2 is 2.00 bits per heavy atom. The number of rotatable bonds is 4. The molecule has 4 unspecified atom stereocenters. The normalized spacial score (nSPS) is 46.9. The second-order valence-corrected chi connectivity index (χ2v) is 6.15. The van der Waals surface area contributed by atoms with E-state index in [-0.39, 0.29) is 0 Å². The molecule has 82 valence electrons. The monoisotopic (exact) mass is 194 g/mol. The molecule has 0 heterocycles. The van der Waals surface area contributed by atoms with Gasteiger partial charge in [0.15, 0.2) is 0 Å². The second kappa shape index (κ2) is 3.87. The summed E-state index contributed by atoms with van der Waals surface area (Å²) < 4.78 is 0. The Labute approximate surface area is 89.5 Å². The molecule has 0 amide bonds. The molecule has 0 bridgehead atoms. The zero-order valence-electron chi connectivity index (χ0n) is 10.2. The van der Waals surface area contributed by atoms with Gasteiger partial charge < -0.3 is 0 Å². The summed E-state index contributed by atoms with van der Waals surface area (Å²) in [6.45, 7) is 7.33. The van der Waals surface area contributed by atoms with E-state index in [0.717, 1.165) is 17.8 Å². The van der Waals surface area contributed by atoms with Crippen LogP contribution in [0.1, 0.15) is 65.7 Å². The molecule has 0 saturated heterocycles. The fraction of sp³-hybridized carbons (Fsp3) is 1.00. The van der Waals surface area contributed by atoms with E-state index in [1.807, 2.05) is 0 Å². The minimum atomic E-state index is 0.706. The first-order valence-corrected chi connectivity index (χ1v) is 6.65. The van der Waals surface area contributed by atoms with Crippen LogP contribution in [0.2, 0.25) is 0 Å². The van der Waals surface area contributed by atoms with Crippen LogP contribution < -0.4 is 0 Å².